The molecule has 4 rings (SSSR count). The molecule has 5 N–H and O–H groups in total. The van der Waals surface area contributed by atoms with E-state index in [2.05, 4.69) is 4.98 Å². The number of aromatic hydroxyl groups is 1. The van der Waals surface area contributed by atoms with E-state index in [1.807, 2.05) is 30.3 Å². The van der Waals surface area contributed by atoms with Crippen LogP contribution in [0, 0.1) is 0 Å². The van der Waals surface area contributed by atoms with E-state index in [1.165, 1.54) is 0 Å². The van der Waals surface area contributed by atoms with Crippen molar-refractivity contribution in [3.63, 3.8) is 0 Å². The summed E-state index contributed by atoms with van der Waals surface area (Å²) >= 11 is 0. The molecule has 6 atom stereocenters. The van der Waals surface area contributed by atoms with E-state index in [0.29, 0.717) is 0 Å². The first-order chi connectivity index (χ1) is 15.8. The molecule has 0 bridgehead atoms. The minimum Gasteiger partial charge on any atom is -0.508 e. The zero-order valence-corrected chi connectivity index (χ0v) is 17.3. The number of rotatable bonds is 6. The summed E-state index contributed by atoms with van der Waals surface area (Å²) in [5, 5.41) is 48.7. The maximum Gasteiger partial charge on any atom is 0.335 e. The molecule has 0 saturated carbocycles. The number of ether oxygens (including phenoxy) is 2. The lowest BCUT2D eigenvalue weighted by molar-refractivity contribution is -0.271. The van der Waals surface area contributed by atoms with Gasteiger partial charge < -0.3 is 35.0 Å². The summed E-state index contributed by atoms with van der Waals surface area (Å²) in [6.07, 6.45) is -6.71. The van der Waals surface area contributed by atoms with Crippen molar-refractivity contribution in [2.75, 3.05) is 0 Å². The van der Waals surface area contributed by atoms with E-state index < -0.39 is 36.7 Å². The van der Waals surface area contributed by atoms with E-state index in [-0.39, 0.29) is 17.4 Å². The monoisotopic (exact) mass is 453 g/mol. The number of aromatic nitrogens is 1. The van der Waals surface area contributed by atoms with Crippen molar-refractivity contribution in [1.82, 2.24) is 4.98 Å². The molecular weight excluding hydrogens is 430 g/mol. The molecular formula is C24H23NO8. The molecule has 1 aliphatic heterocycles. The Morgan fingerprint density at radius 3 is 2.09 bits per heavy atom. The number of pyridine rings is 1. The van der Waals surface area contributed by atoms with Crippen LogP contribution in [0.3, 0.4) is 0 Å². The summed E-state index contributed by atoms with van der Waals surface area (Å²) in [5.41, 5.74) is 2.58. The Morgan fingerprint density at radius 2 is 1.52 bits per heavy atom. The Hall–Kier alpha value is -3.50. The van der Waals surface area contributed by atoms with Crippen molar-refractivity contribution in [2.24, 2.45) is 0 Å². The van der Waals surface area contributed by atoms with Gasteiger partial charge in [0.25, 0.3) is 0 Å². The first-order valence-corrected chi connectivity index (χ1v) is 10.2. The number of phenols is 1. The van der Waals surface area contributed by atoms with Gasteiger partial charge in [0.05, 0.1) is 11.6 Å². The maximum atomic E-state index is 11.3. The molecule has 0 aliphatic carbocycles. The average Bonchev–Trinajstić information content (AvgIpc) is 2.82. The summed E-state index contributed by atoms with van der Waals surface area (Å²) in [5.74, 6) is -1.29. The smallest absolute Gasteiger partial charge is 0.335 e. The highest BCUT2D eigenvalue weighted by Gasteiger charge is 2.48. The highest BCUT2D eigenvalue weighted by atomic mass is 16.7. The first-order valence-electron chi connectivity index (χ1n) is 10.2. The Bertz CT molecular complexity index is 1070. The molecule has 0 amide bonds. The number of aliphatic hydroxyl groups excluding tert-OH is 3. The highest BCUT2D eigenvalue weighted by Crippen LogP contribution is 2.33. The number of hydrogen-bond donors (Lipinski definition) is 5. The topological polar surface area (TPSA) is 150 Å². The zero-order valence-electron chi connectivity index (χ0n) is 17.3. The number of nitrogens with zero attached hydrogens (tertiary/aromatic N) is 1. The van der Waals surface area contributed by atoms with Crippen LogP contribution < -0.4 is 4.74 Å². The van der Waals surface area contributed by atoms with Crippen molar-refractivity contribution in [3.05, 3.63) is 89.7 Å². The van der Waals surface area contributed by atoms with Gasteiger partial charge in [-0.15, -0.1) is 0 Å². The number of carbonyl (C=O) groups is 1. The molecule has 2 heterocycles. The van der Waals surface area contributed by atoms with Crippen molar-refractivity contribution in [1.29, 1.82) is 0 Å². The molecule has 1 fully saturated rings. The first kappa shape index (κ1) is 22.7. The molecule has 0 spiro atoms. The third-order valence-corrected chi connectivity index (χ3v) is 5.49. The summed E-state index contributed by atoms with van der Waals surface area (Å²) in [6, 6.07) is 19.2. The highest BCUT2D eigenvalue weighted by molar-refractivity contribution is 5.73. The second-order valence-corrected chi connectivity index (χ2v) is 7.70. The molecule has 2 aromatic carbocycles. The summed E-state index contributed by atoms with van der Waals surface area (Å²) in [7, 11) is 0. The minimum absolute atomic E-state index is 0.153. The number of aliphatic carboxylic acids is 1. The molecule has 9 nitrogen and oxygen atoms in total. The second-order valence-electron chi connectivity index (χ2n) is 7.70. The van der Waals surface area contributed by atoms with Gasteiger partial charge in [-0.2, -0.15) is 0 Å². The SMILES string of the molecule is O=C(O)[C@H]1OC(Oc2ccc(C(c3ccc(O)cc3)c3ccccn3)cc2)[C@H](O)[C@@H](O)[C@@H]1O. The maximum absolute atomic E-state index is 11.3. The molecule has 33 heavy (non-hydrogen) atoms. The zero-order chi connectivity index (χ0) is 23.5. The van der Waals surface area contributed by atoms with Crippen LogP contribution in [-0.4, -0.2) is 67.2 Å². The molecule has 2 unspecified atom stereocenters. The number of phenolic OH excluding ortho intramolecular Hbond substituents is 1. The van der Waals surface area contributed by atoms with Crippen molar-refractivity contribution in [3.8, 4) is 11.5 Å². The number of aliphatic hydroxyl groups is 3. The van der Waals surface area contributed by atoms with Gasteiger partial charge in [0.15, 0.2) is 6.10 Å². The van der Waals surface area contributed by atoms with E-state index in [0.717, 1.165) is 16.8 Å². The number of carboxylic acids is 1. The molecule has 172 valence electrons. The van der Waals surface area contributed by atoms with Gasteiger partial charge >= 0.3 is 5.97 Å². The Morgan fingerprint density at radius 1 is 0.879 bits per heavy atom. The molecule has 9 heteroatoms. The van der Waals surface area contributed by atoms with Gasteiger partial charge in [0, 0.05) is 6.20 Å². The van der Waals surface area contributed by atoms with E-state index in [4.69, 9.17) is 9.47 Å². The lowest BCUT2D eigenvalue weighted by Crippen LogP contribution is -2.61. The standard InChI is InChI=1S/C24H23NO8/c26-15-8-4-13(5-9-15)18(17-3-1-2-12-25-17)14-6-10-16(11-7-14)32-24-21(29)19(27)20(28)22(33-24)23(30)31/h1-12,18-22,24,26-29H,(H,30,31)/t18?,19-,20-,21+,22-,24?/m0/s1. The fourth-order valence-corrected chi connectivity index (χ4v) is 3.77. The van der Waals surface area contributed by atoms with Crippen LogP contribution in [-0.2, 0) is 9.53 Å². The van der Waals surface area contributed by atoms with Gasteiger partial charge in [-0.25, -0.2) is 4.79 Å². The fraction of sp³-hybridized carbons (Fsp3) is 0.250. The summed E-state index contributed by atoms with van der Waals surface area (Å²) < 4.78 is 10.7. The largest absolute Gasteiger partial charge is 0.508 e. The number of carboxylic acid groups (broad SMARTS) is 1. The molecule has 1 saturated heterocycles. The van der Waals surface area contributed by atoms with Crippen LogP contribution in [0.25, 0.3) is 0 Å². The van der Waals surface area contributed by atoms with E-state index in [1.54, 1.807) is 42.6 Å². The molecule has 1 aromatic heterocycles. The number of benzene rings is 2. The second kappa shape index (κ2) is 9.55. The van der Waals surface area contributed by atoms with E-state index >= 15 is 0 Å². The van der Waals surface area contributed by atoms with Crippen molar-refractivity contribution >= 4 is 5.97 Å². The predicted octanol–water partition coefficient (Wildman–Crippen LogP) is 1.24. The molecule has 1 aliphatic rings. The van der Waals surface area contributed by atoms with Gasteiger partial charge in [0.2, 0.25) is 6.29 Å². The Kier molecular flexibility index (Phi) is 6.57. The van der Waals surface area contributed by atoms with E-state index in [9.17, 15) is 30.3 Å². The van der Waals surface area contributed by atoms with Gasteiger partial charge in [0.1, 0.15) is 29.8 Å². The normalized spacial score (nSPS) is 25.8. The van der Waals surface area contributed by atoms with Crippen LogP contribution in [0.5, 0.6) is 11.5 Å². The van der Waals surface area contributed by atoms with Crippen molar-refractivity contribution < 1.29 is 39.8 Å². The van der Waals surface area contributed by atoms with Gasteiger partial charge in [-0.05, 0) is 47.5 Å². The summed E-state index contributed by atoms with van der Waals surface area (Å²) in [6.45, 7) is 0. The Balaban J connectivity index is 1.58. The van der Waals surface area contributed by atoms with Crippen LogP contribution in [0.15, 0.2) is 72.9 Å². The minimum atomic E-state index is -1.79. The third kappa shape index (κ3) is 4.81. The fourth-order valence-electron chi connectivity index (χ4n) is 3.77. The average molecular weight is 453 g/mol. The van der Waals surface area contributed by atoms with Crippen LogP contribution in [0.2, 0.25) is 0 Å². The number of hydrogen-bond acceptors (Lipinski definition) is 8. The van der Waals surface area contributed by atoms with Crippen molar-refractivity contribution in [2.45, 2.75) is 36.6 Å². The van der Waals surface area contributed by atoms with Gasteiger partial charge in [-0.1, -0.05) is 30.3 Å². The predicted molar refractivity (Wildman–Crippen MR) is 115 cm³/mol. The summed E-state index contributed by atoms with van der Waals surface area (Å²) in [4.78, 5) is 15.7. The molecule has 3 aromatic rings. The lowest BCUT2D eigenvalue weighted by Gasteiger charge is -2.38. The molecule has 0 radical (unpaired) electrons. The Labute approximate surface area is 189 Å². The lowest BCUT2D eigenvalue weighted by atomic mass is 9.88. The van der Waals surface area contributed by atoms with Crippen LogP contribution in [0.4, 0.5) is 0 Å². The van der Waals surface area contributed by atoms with Crippen LogP contribution >= 0.6 is 0 Å². The van der Waals surface area contributed by atoms with Gasteiger partial charge in [-0.3, -0.25) is 4.98 Å². The third-order valence-electron chi connectivity index (χ3n) is 5.49. The quantitative estimate of drug-likeness (QED) is 0.371. The van der Waals surface area contributed by atoms with Crippen LogP contribution in [0.1, 0.15) is 22.7 Å².